The molecule has 54 valence electrons. The standard InChI is InChI=1S/C7H16N2/c1-8(2)7-9-5-3-4-6-9/h3-7H2,1-2H3. The van der Waals surface area contributed by atoms with Crippen molar-refractivity contribution in [3.05, 3.63) is 0 Å². The lowest BCUT2D eigenvalue weighted by atomic mass is 10.4. The summed E-state index contributed by atoms with van der Waals surface area (Å²) in [5, 5.41) is 0. The molecule has 0 aliphatic carbocycles. The highest BCUT2D eigenvalue weighted by molar-refractivity contribution is 4.63. The molecule has 0 saturated carbocycles. The van der Waals surface area contributed by atoms with E-state index >= 15 is 0 Å². The van der Waals surface area contributed by atoms with E-state index in [1.165, 1.54) is 25.9 Å². The predicted molar refractivity (Wildman–Crippen MR) is 39.4 cm³/mol. The molecular formula is C7H16N2. The molecule has 0 amide bonds. The first-order valence-corrected chi connectivity index (χ1v) is 3.66. The van der Waals surface area contributed by atoms with Crippen molar-refractivity contribution >= 4 is 0 Å². The summed E-state index contributed by atoms with van der Waals surface area (Å²) in [5.74, 6) is 0. The maximum Gasteiger partial charge on any atom is 0.0500 e. The second-order valence-corrected chi connectivity index (χ2v) is 3.05. The number of likely N-dealkylation sites (tertiary alicyclic amines) is 1. The van der Waals surface area contributed by atoms with Crippen LogP contribution in [-0.4, -0.2) is 43.7 Å². The molecule has 0 bridgehead atoms. The van der Waals surface area contributed by atoms with Gasteiger partial charge in [0, 0.05) is 0 Å². The van der Waals surface area contributed by atoms with Gasteiger partial charge < -0.3 is 0 Å². The van der Waals surface area contributed by atoms with Crippen LogP contribution in [0.3, 0.4) is 0 Å². The third kappa shape index (κ3) is 2.33. The van der Waals surface area contributed by atoms with E-state index in [0.717, 1.165) is 6.67 Å². The smallest absolute Gasteiger partial charge is 0.0500 e. The van der Waals surface area contributed by atoms with Gasteiger partial charge in [0.25, 0.3) is 0 Å². The van der Waals surface area contributed by atoms with E-state index in [0.29, 0.717) is 0 Å². The van der Waals surface area contributed by atoms with E-state index in [2.05, 4.69) is 23.9 Å². The molecule has 1 heterocycles. The molecule has 0 radical (unpaired) electrons. The highest BCUT2D eigenvalue weighted by atomic mass is 15.3. The quantitative estimate of drug-likeness (QED) is 0.537. The third-order valence-corrected chi connectivity index (χ3v) is 1.68. The van der Waals surface area contributed by atoms with Gasteiger partial charge in [-0.1, -0.05) is 0 Å². The van der Waals surface area contributed by atoms with Crippen LogP contribution in [0.5, 0.6) is 0 Å². The lowest BCUT2D eigenvalue weighted by Crippen LogP contribution is -2.30. The van der Waals surface area contributed by atoms with E-state index < -0.39 is 0 Å². The average molecular weight is 128 g/mol. The van der Waals surface area contributed by atoms with E-state index in [1.807, 2.05) is 0 Å². The van der Waals surface area contributed by atoms with Gasteiger partial charge in [0.1, 0.15) is 0 Å². The number of nitrogens with zero attached hydrogens (tertiary/aromatic N) is 2. The van der Waals surface area contributed by atoms with Crippen LogP contribution >= 0.6 is 0 Å². The zero-order valence-electron chi connectivity index (χ0n) is 6.43. The predicted octanol–water partition coefficient (Wildman–Crippen LogP) is 0.601. The van der Waals surface area contributed by atoms with Crippen LogP contribution < -0.4 is 0 Å². The molecule has 9 heavy (non-hydrogen) atoms. The number of hydrogen-bond donors (Lipinski definition) is 0. The van der Waals surface area contributed by atoms with Crippen molar-refractivity contribution in [3.63, 3.8) is 0 Å². The van der Waals surface area contributed by atoms with Crippen molar-refractivity contribution in [2.75, 3.05) is 33.9 Å². The van der Waals surface area contributed by atoms with Crippen LogP contribution in [0.1, 0.15) is 12.8 Å². The summed E-state index contributed by atoms with van der Waals surface area (Å²) in [5.41, 5.74) is 0. The van der Waals surface area contributed by atoms with Crippen molar-refractivity contribution in [2.45, 2.75) is 12.8 Å². The molecule has 1 saturated heterocycles. The van der Waals surface area contributed by atoms with Crippen LogP contribution in [0.4, 0.5) is 0 Å². The first kappa shape index (κ1) is 7.03. The summed E-state index contributed by atoms with van der Waals surface area (Å²) >= 11 is 0. The Hall–Kier alpha value is -0.0800. The Bertz CT molecular complexity index is 75.0. The third-order valence-electron chi connectivity index (χ3n) is 1.68. The number of rotatable bonds is 2. The minimum Gasteiger partial charge on any atom is -0.297 e. The summed E-state index contributed by atoms with van der Waals surface area (Å²) in [6, 6.07) is 0. The monoisotopic (exact) mass is 128 g/mol. The van der Waals surface area contributed by atoms with Crippen molar-refractivity contribution in [1.29, 1.82) is 0 Å². The molecule has 2 heteroatoms. The van der Waals surface area contributed by atoms with Gasteiger partial charge >= 0.3 is 0 Å². The van der Waals surface area contributed by atoms with E-state index in [4.69, 9.17) is 0 Å². The lowest BCUT2D eigenvalue weighted by molar-refractivity contribution is 0.210. The molecule has 1 rings (SSSR count). The van der Waals surface area contributed by atoms with Crippen molar-refractivity contribution < 1.29 is 0 Å². The van der Waals surface area contributed by atoms with Crippen LogP contribution in [0.2, 0.25) is 0 Å². The largest absolute Gasteiger partial charge is 0.297 e. The summed E-state index contributed by atoms with van der Waals surface area (Å²) in [6.45, 7) is 3.75. The van der Waals surface area contributed by atoms with Gasteiger partial charge in [0.05, 0.1) is 6.67 Å². The molecular weight excluding hydrogens is 112 g/mol. The van der Waals surface area contributed by atoms with Gasteiger partial charge in [0.2, 0.25) is 0 Å². The van der Waals surface area contributed by atoms with Gasteiger partial charge in [-0.05, 0) is 40.0 Å². The Morgan fingerprint density at radius 1 is 1.22 bits per heavy atom. The van der Waals surface area contributed by atoms with Gasteiger partial charge in [-0.15, -0.1) is 0 Å². The molecule has 0 N–H and O–H groups in total. The Morgan fingerprint density at radius 2 is 1.78 bits per heavy atom. The average Bonchev–Trinajstić information content (AvgIpc) is 2.15. The zero-order valence-corrected chi connectivity index (χ0v) is 6.43. The van der Waals surface area contributed by atoms with E-state index in [-0.39, 0.29) is 0 Å². The normalized spacial score (nSPS) is 21.7. The fourth-order valence-electron chi connectivity index (χ4n) is 1.32. The van der Waals surface area contributed by atoms with Crippen LogP contribution in [0.25, 0.3) is 0 Å². The number of hydrogen-bond acceptors (Lipinski definition) is 2. The molecule has 0 unspecified atom stereocenters. The summed E-state index contributed by atoms with van der Waals surface area (Å²) < 4.78 is 0. The molecule has 1 aliphatic heterocycles. The molecule has 2 nitrogen and oxygen atoms in total. The van der Waals surface area contributed by atoms with Gasteiger partial charge in [-0.25, -0.2) is 0 Å². The Kier molecular flexibility index (Phi) is 2.49. The van der Waals surface area contributed by atoms with Gasteiger partial charge in [-0.3, -0.25) is 9.80 Å². The summed E-state index contributed by atoms with van der Waals surface area (Å²) in [7, 11) is 4.25. The van der Waals surface area contributed by atoms with Gasteiger partial charge in [0.15, 0.2) is 0 Å². The van der Waals surface area contributed by atoms with E-state index in [1.54, 1.807) is 0 Å². The first-order chi connectivity index (χ1) is 4.29. The molecule has 1 aliphatic rings. The fourth-order valence-corrected chi connectivity index (χ4v) is 1.32. The minimum atomic E-state index is 1.14. The second kappa shape index (κ2) is 3.18. The first-order valence-electron chi connectivity index (χ1n) is 3.66. The Morgan fingerprint density at radius 3 is 2.22 bits per heavy atom. The Balaban J connectivity index is 2.11. The van der Waals surface area contributed by atoms with Crippen molar-refractivity contribution in [3.8, 4) is 0 Å². The molecule has 0 aromatic carbocycles. The topological polar surface area (TPSA) is 6.48 Å². The second-order valence-electron chi connectivity index (χ2n) is 3.05. The Labute approximate surface area is 57.4 Å². The highest BCUT2D eigenvalue weighted by Gasteiger charge is 2.10. The minimum absolute atomic E-state index is 1.14. The maximum atomic E-state index is 2.49. The molecule has 0 aromatic rings. The molecule has 0 aromatic heterocycles. The SMILES string of the molecule is CN(C)CN1CCCC1. The highest BCUT2D eigenvalue weighted by Crippen LogP contribution is 2.06. The zero-order chi connectivity index (χ0) is 6.69. The lowest BCUT2D eigenvalue weighted by Gasteiger charge is -2.19. The summed E-state index contributed by atoms with van der Waals surface area (Å²) in [6.07, 6.45) is 2.79. The molecule has 0 atom stereocenters. The van der Waals surface area contributed by atoms with Crippen LogP contribution in [-0.2, 0) is 0 Å². The fraction of sp³-hybridized carbons (Fsp3) is 1.00. The molecule has 1 fully saturated rings. The van der Waals surface area contributed by atoms with Crippen LogP contribution in [0.15, 0.2) is 0 Å². The van der Waals surface area contributed by atoms with Crippen LogP contribution in [0, 0.1) is 0 Å². The van der Waals surface area contributed by atoms with Crippen molar-refractivity contribution in [1.82, 2.24) is 9.80 Å². The summed E-state index contributed by atoms with van der Waals surface area (Å²) in [4.78, 5) is 4.71. The van der Waals surface area contributed by atoms with E-state index in [9.17, 15) is 0 Å². The molecule has 0 spiro atoms. The van der Waals surface area contributed by atoms with Gasteiger partial charge in [-0.2, -0.15) is 0 Å². The van der Waals surface area contributed by atoms with Crippen molar-refractivity contribution in [2.24, 2.45) is 0 Å². The maximum absolute atomic E-state index is 2.49.